The highest BCUT2D eigenvalue weighted by atomic mass is 16.4. The topological polar surface area (TPSA) is 83.5 Å². The van der Waals surface area contributed by atoms with Crippen LogP contribution in [-0.2, 0) is 4.79 Å². The molecule has 4 heteroatoms. The molecule has 0 saturated carbocycles. The highest BCUT2D eigenvalue weighted by molar-refractivity contribution is 5.78. The first-order valence-corrected chi connectivity index (χ1v) is 3.38. The van der Waals surface area contributed by atoms with Crippen LogP contribution in [0, 0.1) is 0 Å². The monoisotopic (exact) mass is 159 g/mol. The molecule has 0 bridgehead atoms. The lowest BCUT2D eigenvalue weighted by molar-refractivity contribution is -0.143. The maximum atomic E-state index is 10.5. The predicted octanol–water partition coefficient (Wildman–Crippen LogP) is 0.640. The van der Waals surface area contributed by atoms with Crippen LogP contribution in [0.5, 0.6) is 0 Å². The molecule has 0 aliphatic heterocycles. The van der Waals surface area contributed by atoms with Gasteiger partial charge in [-0.3, -0.25) is 4.79 Å². The SMILES string of the molecule is CCC(N)(CC=CO)C(=O)O. The molecule has 0 heterocycles. The van der Waals surface area contributed by atoms with Gasteiger partial charge in [0, 0.05) is 0 Å². The van der Waals surface area contributed by atoms with Crippen LogP contribution >= 0.6 is 0 Å². The maximum absolute atomic E-state index is 10.5. The van der Waals surface area contributed by atoms with Crippen molar-refractivity contribution >= 4 is 5.97 Å². The molecular weight excluding hydrogens is 146 g/mol. The number of rotatable bonds is 4. The van der Waals surface area contributed by atoms with Gasteiger partial charge in [-0.1, -0.05) is 6.92 Å². The summed E-state index contributed by atoms with van der Waals surface area (Å²) in [6.07, 6.45) is 2.62. The Bertz CT molecular complexity index is 167. The van der Waals surface area contributed by atoms with Crippen molar-refractivity contribution in [2.24, 2.45) is 5.73 Å². The van der Waals surface area contributed by atoms with E-state index in [1.807, 2.05) is 0 Å². The van der Waals surface area contributed by atoms with E-state index in [2.05, 4.69) is 0 Å². The van der Waals surface area contributed by atoms with E-state index in [1.54, 1.807) is 6.92 Å². The Balaban J connectivity index is 4.22. The first kappa shape index (κ1) is 9.97. The molecule has 0 aromatic carbocycles. The minimum atomic E-state index is -1.24. The second kappa shape index (κ2) is 3.98. The van der Waals surface area contributed by atoms with Crippen LogP contribution < -0.4 is 5.73 Å². The number of aliphatic hydroxyl groups is 1. The number of carbonyl (C=O) groups is 1. The summed E-state index contributed by atoms with van der Waals surface area (Å²) in [5.74, 6) is -1.04. The average Bonchev–Trinajstić information content (AvgIpc) is 2.00. The lowest BCUT2D eigenvalue weighted by Gasteiger charge is -2.20. The van der Waals surface area contributed by atoms with Crippen molar-refractivity contribution in [3.8, 4) is 0 Å². The van der Waals surface area contributed by atoms with Gasteiger partial charge in [-0.15, -0.1) is 0 Å². The van der Waals surface area contributed by atoms with Gasteiger partial charge in [0.25, 0.3) is 0 Å². The largest absolute Gasteiger partial charge is 0.516 e. The summed E-state index contributed by atoms with van der Waals surface area (Å²) >= 11 is 0. The number of carboxylic acids is 1. The predicted molar refractivity (Wildman–Crippen MR) is 41.2 cm³/mol. The lowest BCUT2D eigenvalue weighted by atomic mass is 9.94. The minimum Gasteiger partial charge on any atom is -0.516 e. The van der Waals surface area contributed by atoms with Crippen LogP contribution in [0.4, 0.5) is 0 Å². The van der Waals surface area contributed by atoms with E-state index < -0.39 is 11.5 Å². The highest BCUT2D eigenvalue weighted by Crippen LogP contribution is 2.12. The van der Waals surface area contributed by atoms with Crippen LogP contribution in [-0.4, -0.2) is 21.7 Å². The number of nitrogens with two attached hydrogens (primary N) is 1. The van der Waals surface area contributed by atoms with E-state index in [9.17, 15) is 4.79 Å². The summed E-state index contributed by atoms with van der Waals surface area (Å²) in [6.45, 7) is 1.69. The van der Waals surface area contributed by atoms with Crippen LogP contribution in [0.3, 0.4) is 0 Å². The molecule has 4 N–H and O–H groups in total. The van der Waals surface area contributed by atoms with Gasteiger partial charge in [0.1, 0.15) is 5.54 Å². The van der Waals surface area contributed by atoms with E-state index in [4.69, 9.17) is 15.9 Å². The summed E-state index contributed by atoms with van der Waals surface area (Å²) in [5, 5.41) is 16.9. The Morgan fingerprint density at radius 1 is 1.73 bits per heavy atom. The molecule has 0 radical (unpaired) electrons. The van der Waals surface area contributed by atoms with Gasteiger partial charge >= 0.3 is 5.97 Å². The third-order valence-electron chi connectivity index (χ3n) is 1.64. The molecule has 11 heavy (non-hydrogen) atoms. The van der Waals surface area contributed by atoms with Crippen LogP contribution in [0.1, 0.15) is 19.8 Å². The Labute approximate surface area is 65.3 Å². The molecule has 0 fully saturated rings. The third-order valence-corrected chi connectivity index (χ3v) is 1.64. The lowest BCUT2D eigenvalue weighted by Crippen LogP contribution is -2.46. The number of aliphatic hydroxyl groups excluding tert-OH is 1. The molecule has 0 amide bonds. The van der Waals surface area contributed by atoms with Gasteiger partial charge in [-0.2, -0.15) is 0 Å². The Kier molecular flexibility index (Phi) is 3.60. The molecule has 0 aliphatic carbocycles. The molecule has 0 aromatic heterocycles. The van der Waals surface area contributed by atoms with Gasteiger partial charge in [-0.25, -0.2) is 0 Å². The Morgan fingerprint density at radius 3 is 2.55 bits per heavy atom. The molecular formula is C7H13NO3. The van der Waals surface area contributed by atoms with Gasteiger partial charge in [0.05, 0.1) is 6.26 Å². The maximum Gasteiger partial charge on any atom is 0.323 e. The van der Waals surface area contributed by atoms with Crippen molar-refractivity contribution in [2.45, 2.75) is 25.3 Å². The number of carboxylic acid groups (broad SMARTS) is 1. The number of hydrogen-bond acceptors (Lipinski definition) is 3. The van der Waals surface area contributed by atoms with E-state index in [-0.39, 0.29) is 6.42 Å². The van der Waals surface area contributed by atoms with Crippen LogP contribution in [0.25, 0.3) is 0 Å². The van der Waals surface area contributed by atoms with Gasteiger partial charge in [-0.05, 0) is 18.9 Å². The summed E-state index contributed by atoms with van der Waals surface area (Å²) in [7, 11) is 0. The standard InChI is InChI=1S/C7H13NO3/c1-2-7(8,6(10)11)4-3-5-9/h3,5,9H,2,4,8H2,1H3,(H,10,11). The molecule has 0 spiro atoms. The van der Waals surface area contributed by atoms with Crippen molar-refractivity contribution in [2.75, 3.05) is 0 Å². The van der Waals surface area contributed by atoms with Crippen LogP contribution in [0.15, 0.2) is 12.3 Å². The average molecular weight is 159 g/mol. The van der Waals surface area contributed by atoms with Crippen molar-refractivity contribution < 1.29 is 15.0 Å². The first-order chi connectivity index (χ1) is 5.06. The highest BCUT2D eigenvalue weighted by Gasteiger charge is 2.30. The number of aliphatic carboxylic acids is 1. The van der Waals surface area contributed by atoms with E-state index in [1.165, 1.54) is 6.08 Å². The molecule has 64 valence electrons. The van der Waals surface area contributed by atoms with Gasteiger partial charge < -0.3 is 15.9 Å². The third kappa shape index (κ3) is 2.59. The molecule has 0 aromatic rings. The normalized spacial score (nSPS) is 16.5. The molecule has 0 aliphatic rings. The zero-order valence-electron chi connectivity index (χ0n) is 6.45. The molecule has 1 unspecified atom stereocenters. The smallest absolute Gasteiger partial charge is 0.323 e. The summed E-state index contributed by atoms with van der Waals surface area (Å²) < 4.78 is 0. The second-order valence-corrected chi connectivity index (χ2v) is 2.40. The fourth-order valence-electron chi connectivity index (χ4n) is 0.646. The Hall–Kier alpha value is -1.03. The quantitative estimate of drug-likeness (QED) is 0.525. The first-order valence-electron chi connectivity index (χ1n) is 3.38. The van der Waals surface area contributed by atoms with Crippen LogP contribution in [0.2, 0.25) is 0 Å². The van der Waals surface area contributed by atoms with E-state index >= 15 is 0 Å². The molecule has 1 atom stereocenters. The zero-order valence-corrected chi connectivity index (χ0v) is 6.45. The minimum absolute atomic E-state index is 0.148. The molecule has 0 rings (SSSR count). The fraction of sp³-hybridized carbons (Fsp3) is 0.571. The van der Waals surface area contributed by atoms with E-state index in [0.29, 0.717) is 6.42 Å². The summed E-state index contributed by atoms with van der Waals surface area (Å²) in [5.41, 5.74) is 4.23. The fourth-order valence-corrected chi connectivity index (χ4v) is 0.646. The zero-order chi connectivity index (χ0) is 8.91. The van der Waals surface area contributed by atoms with Gasteiger partial charge in [0.15, 0.2) is 0 Å². The van der Waals surface area contributed by atoms with Crippen molar-refractivity contribution in [1.29, 1.82) is 0 Å². The molecule has 4 nitrogen and oxygen atoms in total. The number of hydrogen-bond donors (Lipinski definition) is 3. The summed E-state index contributed by atoms with van der Waals surface area (Å²) in [4.78, 5) is 10.5. The van der Waals surface area contributed by atoms with Crippen molar-refractivity contribution in [1.82, 2.24) is 0 Å². The van der Waals surface area contributed by atoms with Gasteiger partial charge in [0.2, 0.25) is 0 Å². The Morgan fingerprint density at radius 2 is 2.27 bits per heavy atom. The van der Waals surface area contributed by atoms with Crippen molar-refractivity contribution in [3.63, 3.8) is 0 Å². The van der Waals surface area contributed by atoms with E-state index in [0.717, 1.165) is 6.26 Å². The second-order valence-electron chi connectivity index (χ2n) is 2.40. The van der Waals surface area contributed by atoms with Crippen molar-refractivity contribution in [3.05, 3.63) is 12.3 Å². The molecule has 0 saturated heterocycles. The summed E-state index contributed by atoms with van der Waals surface area (Å²) in [6, 6.07) is 0.